The molecule has 2 N–H and O–H groups in total. The van der Waals surface area contributed by atoms with Gasteiger partial charge in [-0.2, -0.15) is 0 Å². The summed E-state index contributed by atoms with van der Waals surface area (Å²) in [6.45, 7) is 1.71. The molecule has 0 saturated carbocycles. The van der Waals surface area contributed by atoms with Gasteiger partial charge in [-0.15, -0.1) is 0 Å². The number of nitrogens with zero attached hydrogens (tertiary/aromatic N) is 1. The van der Waals surface area contributed by atoms with E-state index in [0.29, 0.717) is 5.69 Å². The minimum atomic E-state index is -2.38. The minimum Gasteiger partial charge on any atom is -0.769 e. The molecule has 1 aromatic carbocycles. The second-order valence-electron chi connectivity index (χ2n) is 4.93. The number of nitrogens with one attached hydrogen (secondary N) is 2. The van der Waals surface area contributed by atoms with Gasteiger partial charge in [-0.3, -0.25) is 13.9 Å². The van der Waals surface area contributed by atoms with Crippen LogP contribution in [0.15, 0.2) is 29.8 Å². The maximum atomic E-state index is 14.0. The van der Waals surface area contributed by atoms with Crippen molar-refractivity contribution in [3.63, 3.8) is 0 Å². The van der Waals surface area contributed by atoms with Crippen molar-refractivity contribution in [1.29, 1.82) is 0 Å². The van der Waals surface area contributed by atoms with Gasteiger partial charge in [0.25, 0.3) is 0 Å². The molecule has 2 rings (SSSR count). The van der Waals surface area contributed by atoms with Crippen molar-refractivity contribution < 1.29 is 27.5 Å². The molecule has 1 fully saturated rings. The third-order valence-electron chi connectivity index (χ3n) is 3.14. The van der Waals surface area contributed by atoms with Gasteiger partial charge in [0.15, 0.2) is 0 Å². The third kappa shape index (κ3) is 4.77. The largest absolute Gasteiger partial charge is 0.769 e. The number of carbonyl (C=O) groups excluding carboxylic acids is 2. The number of amides is 2. The van der Waals surface area contributed by atoms with Crippen LogP contribution >= 0.6 is 0 Å². The van der Waals surface area contributed by atoms with Crippen molar-refractivity contribution in [1.82, 2.24) is 5.32 Å². The van der Waals surface area contributed by atoms with Crippen LogP contribution in [0.5, 0.6) is 0 Å². The van der Waals surface area contributed by atoms with Crippen molar-refractivity contribution >= 4 is 34.5 Å². The van der Waals surface area contributed by atoms with Crippen LogP contribution in [0.4, 0.5) is 20.6 Å². The zero-order chi connectivity index (χ0) is 17.7. The number of halogens is 1. The molecule has 1 heterocycles. The second-order valence-corrected chi connectivity index (χ2v) is 5.72. The molecular formula is C14H15FN3O5S-. The molecule has 1 aromatic rings. The Morgan fingerprint density at radius 1 is 1.58 bits per heavy atom. The monoisotopic (exact) mass is 356 g/mol. The van der Waals surface area contributed by atoms with Crippen molar-refractivity contribution in [2.24, 2.45) is 0 Å². The van der Waals surface area contributed by atoms with Crippen molar-refractivity contribution in [2.45, 2.75) is 13.0 Å². The Balaban J connectivity index is 2.04. The summed E-state index contributed by atoms with van der Waals surface area (Å²) in [7, 11) is 0. The standard InChI is InChI=1S/C14H16FN3O5S/c1-9(19)17-7-11-8-18(14(20)23-11)10-2-3-13(12(15)6-10)16-4-5-24(21)22/h2-6,11,16H,7-8H2,1H3,(H,17,19)(H,21,22)/p-1/b5-4-/t11-/m0/s1. The van der Waals surface area contributed by atoms with Crippen LogP contribution in [0.25, 0.3) is 0 Å². The molecule has 0 spiro atoms. The summed E-state index contributed by atoms with van der Waals surface area (Å²) < 4.78 is 39.8. The number of rotatable bonds is 6. The average Bonchev–Trinajstić information content (AvgIpc) is 2.87. The highest BCUT2D eigenvalue weighted by molar-refractivity contribution is 7.82. The lowest BCUT2D eigenvalue weighted by Gasteiger charge is -2.14. The first-order valence-corrected chi connectivity index (χ1v) is 8.04. The summed E-state index contributed by atoms with van der Waals surface area (Å²) in [6, 6.07) is 4.00. The van der Waals surface area contributed by atoms with E-state index in [1.807, 2.05) is 0 Å². The van der Waals surface area contributed by atoms with Gasteiger partial charge in [0, 0.05) is 18.5 Å². The Hall–Kier alpha value is -2.46. The average molecular weight is 356 g/mol. The van der Waals surface area contributed by atoms with E-state index in [2.05, 4.69) is 10.6 Å². The van der Waals surface area contributed by atoms with Crippen LogP contribution in [0.3, 0.4) is 0 Å². The molecule has 130 valence electrons. The number of anilines is 2. The van der Waals surface area contributed by atoms with Crippen LogP contribution in [0.1, 0.15) is 6.92 Å². The molecule has 0 aromatic heterocycles. The zero-order valence-corrected chi connectivity index (χ0v) is 13.5. The predicted octanol–water partition coefficient (Wildman–Crippen LogP) is 1.05. The normalized spacial score (nSPS) is 18.5. The second kappa shape index (κ2) is 7.88. The third-order valence-corrected chi connectivity index (χ3v) is 3.49. The van der Waals surface area contributed by atoms with Gasteiger partial charge in [0.1, 0.15) is 11.9 Å². The number of cyclic esters (lactones) is 1. The summed E-state index contributed by atoms with van der Waals surface area (Å²) in [5, 5.41) is 5.86. The molecule has 0 radical (unpaired) electrons. The van der Waals surface area contributed by atoms with Crippen molar-refractivity contribution in [3.8, 4) is 0 Å². The Morgan fingerprint density at radius 2 is 2.33 bits per heavy atom. The van der Waals surface area contributed by atoms with Crippen molar-refractivity contribution in [2.75, 3.05) is 23.3 Å². The fourth-order valence-electron chi connectivity index (χ4n) is 2.06. The van der Waals surface area contributed by atoms with E-state index in [1.165, 1.54) is 24.0 Å². The van der Waals surface area contributed by atoms with Gasteiger partial charge in [-0.25, -0.2) is 9.18 Å². The maximum Gasteiger partial charge on any atom is 0.414 e. The Bertz CT molecular complexity index is 697. The van der Waals surface area contributed by atoms with Crippen LogP contribution in [-0.2, 0) is 20.6 Å². The highest BCUT2D eigenvalue weighted by atomic mass is 32.2. The molecular weight excluding hydrogens is 341 g/mol. The van der Waals surface area contributed by atoms with Gasteiger partial charge in [0.2, 0.25) is 5.91 Å². The van der Waals surface area contributed by atoms with Gasteiger partial charge in [0.05, 0.1) is 24.5 Å². The van der Waals surface area contributed by atoms with E-state index in [4.69, 9.17) is 4.74 Å². The maximum absolute atomic E-state index is 14.0. The van der Waals surface area contributed by atoms with Crippen molar-refractivity contribution in [3.05, 3.63) is 35.6 Å². The molecule has 1 saturated heterocycles. The number of benzene rings is 1. The fraction of sp³-hybridized carbons (Fsp3) is 0.286. The van der Waals surface area contributed by atoms with Crippen LogP contribution < -0.4 is 15.5 Å². The quantitative estimate of drug-likeness (QED) is 0.737. The van der Waals surface area contributed by atoms with Gasteiger partial charge >= 0.3 is 6.09 Å². The number of ether oxygens (including phenoxy) is 1. The summed E-state index contributed by atoms with van der Waals surface area (Å²) >= 11 is -2.38. The van der Waals surface area contributed by atoms with Gasteiger partial charge in [-0.05, 0) is 29.3 Å². The molecule has 2 amide bonds. The zero-order valence-electron chi connectivity index (χ0n) is 12.7. The summed E-state index contributed by atoms with van der Waals surface area (Å²) in [4.78, 5) is 24.0. The lowest BCUT2D eigenvalue weighted by Crippen LogP contribution is -2.33. The number of hydrogen-bond acceptors (Lipinski definition) is 6. The highest BCUT2D eigenvalue weighted by Gasteiger charge is 2.32. The summed E-state index contributed by atoms with van der Waals surface area (Å²) in [6.07, 6.45) is -0.0706. The van der Waals surface area contributed by atoms with E-state index in [9.17, 15) is 22.7 Å². The van der Waals surface area contributed by atoms with E-state index >= 15 is 0 Å². The predicted molar refractivity (Wildman–Crippen MR) is 84.4 cm³/mol. The topological polar surface area (TPSA) is 111 Å². The number of carbonyl (C=O) groups is 2. The smallest absolute Gasteiger partial charge is 0.414 e. The first-order chi connectivity index (χ1) is 11.4. The lowest BCUT2D eigenvalue weighted by molar-refractivity contribution is -0.119. The van der Waals surface area contributed by atoms with Crippen LogP contribution in [0.2, 0.25) is 0 Å². The molecule has 8 nitrogen and oxygen atoms in total. The molecule has 1 aliphatic heterocycles. The summed E-state index contributed by atoms with van der Waals surface area (Å²) in [5.74, 6) is -0.898. The number of hydrogen-bond donors (Lipinski definition) is 2. The fourth-order valence-corrected chi connectivity index (χ4v) is 2.24. The van der Waals surface area contributed by atoms with E-state index in [-0.39, 0.29) is 24.7 Å². The van der Waals surface area contributed by atoms with Crippen LogP contribution in [0, 0.1) is 5.82 Å². The molecule has 0 aliphatic carbocycles. The Kier molecular flexibility index (Phi) is 5.88. The molecule has 1 unspecified atom stereocenters. The highest BCUT2D eigenvalue weighted by Crippen LogP contribution is 2.25. The van der Waals surface area contributed by atoms with E-state index in [1.54, 1.807) is 0 Å². The molecule has 10 heteroatoms. The first-order valence-electron chi connectivity index (χ1n) is 6.90. The van der Waals surface area contributed by atoms with Gasteiger partial charge < -0.3 is 19.9 Å². The first kappa shape index (κ1) is 17.9. The van der Waals surface area contributed by atoms with E-state index < -0.39 is 29.1 Å². The molecule has 2 atom stereocenters. The minimum absolute atomic E-state index is 0.0582. The Morgan fingerprint density at radius 3 is 2.96 bits per heavy atom. The van der Waals surface area contributed by atoms with E-state index in [0.717, 1.165) is 17.7 Å². The Labute approximate surface area is 139 Å². The SMILES string of the molecule is CC(=O)NC[C@H]1CN(c2ccc(N/C=C\S(=O)[O-])c(F)c2)C(=O)O1. The summed E-state index contributed by atoms with van der Waals surface area (Å²) in [5.41, 5.74) is 0.354. The molecule has 1 aliphatic rings. The molecule has 0 bridgehead atoms. The lowest BCUT2D eigenvalue weighted by atomic mass is 10.2. The van der Waals surface area contributed by atoms with Gasteiger partial charge in [-0.1, -0.05) is 0 Å². The molecule has 24 heavy (non-hydrogen) atoms. The van der Waals surface area contributed by atoms with Crippen LogP contribution in [-0.4, -0.2) is 40.0 Å².